The molecule has 0 bridgehead atoms. The van der Waals surface area contributed by atoms with Crippen molar-refractivity contribution in [3.05, 3.63) is 83.9 Å². The molecule has 0 aliphatic rings. The second kappa shape index (κ2) is 11.4. The number of aryl methyl sites for hydroxylation is 1. The minimum atomic E-state index is -0.285. The number of para-hydroxylation sites is 2. The van der Waals surface area contributed by atoms with Crippen molar-refractivity contribution in [3.63, 3.8) is 0 Å². The zero-order valence-electron chi connectivity index (χ0n) is 18.6. The first-order valence-corrected chi connectivity index (χ1v) is 11.6. The molecule has 32 heavy (non-hydrogen) atoms. The lowest BCUT2D eigenvalue weighted by atomic mass is 10.1. The maximum atomic E-state index is 12.9. The normalized spacial score (nSPS) is 11.5. The molecule has 0 aromatic heterocycles. The van der Waals surface area contributed by atoms with Gasteiger partial charge in [0.2, 0.25) is 5.91 Å². The van der Waals surface area contributed by atoms with Gasteiger partial charge in [-0.3, -0.25) is 9.59 Å². The quantitative estimate of drug-likeness (QED) is 0.385. The van der Waals surface area contributed by atoms with Crippen molar-refractivity contribution in [2.45, 2.75) is 37.3 Å². The van der Waals surface area contributed by atoms with Crippen LogP contribution in [-0.4, -0.2) is 23.7 Å². The third kappa shape index (κ3) is 6.14. The number of amides is 2. The first-order chi connectivity index (χ1) is 15.5. The summed E-state index contributed by atoms with van der Waals surface area (Å²) >= 11 is 1.47. The van der Waals surface area contributed by atoms with Crippen LogP contribution in [0.15, 0.2) is 77.7 Å². The van der Waals surface area contributed by atoms with E-state index in [2.05, 4.69) is 10.6 Å². The number of nitrogens with one attached hydrogen (secondary N) is 2. The Morgan fingerprint density at radius 2 is 1.69 bits per heavy atom. The van der Waals surface area contributed by atoms with E-state index in [1.807, 2.05) is 87.5 Å². The summed E-state index contributed by atoms with van der Waals surface area (Å²) in [6.45, 7) is 6.33. The van der Waals surface area contributed by atoms with Gasteiger partial charge in [0.15, 0.2) is 0 Å². The van der Waals surface area contributed by atoms with Gasteiger partial charge in [0.05, 0.1) is 17.5 Å². The Morgan fingerprint density at radius 1 is 0.938 bits per heavy atom. The highest BCUT2D eigenvalue weighted by atomic mass is 32.2. The van der Waals surface area contributed by atoms with Crippen LogP contribution in [-0.2, 0) is 4.79 Å². The van der Waals surface area contributed by atoms with Gasteiger partial charge in [-0.25, -0.2) is 0 Å². The van der Waals surface area contributed by atoms with Gasteiger partial charge in [-0.05, 0) is 62.2 Å². The highest BCUT2D eigenvalue weighted by Gasteiger charge is 2.20. The number of hydrogen-bond acceptors (Lipinski definition) is 4. The van der Waals surface area contributed by atoms with E-state index in [1.165, 1.54) is 11.8 Å². The molecule has 2 N–H and O–H groups in total. The van der Waals surface area contributed by atoms with Gasteiger partial charge in [-0.2, -0.15) is 0 Å². The summed E-state index contributed by atoms with van der Waals surface area (Å²) < 4.78 is 5.61. The Labute approximate surface area is 193 Å². The predicted octanol–water partition coefficient (Wildman–Crippen LogP) is 6.16. The number of benzene rings is 3. The largest absolute Gasteiger partial charge is 0.492 e. The first-order valence-electron chi connectivity index (χ1n) is 10.7. The number of thioether (sulfide) groups is 1. The Hall–Kier alpha value is -3.25. The lowest BCUT2D eigenvalue weighted by Gasteiger charge is -2.17. The highest BCUT2D eigenvalue weighted by molar-refractivity contribution is 8.00. The van der Waals surface area contributed by atoms with Crippen LogP contribution in [0.2, 0.25) is 0 Å². The number of ether oxygens (including phenoxy) is 1. The van der Waals surface area contributed by atoms with Crippen LogP contribution in [0.1, 0.15) is 36.2 Å². The molecule has 0 saturated carbocycles. The van der Waals surface area contributed by atoms with Gasteiger partial charge in [0.1, 0.15) is 5.75 Å². The fraction of sp³-hybridized carbons (Fsp3) is 0.231. The van der Waals surface area contributed by atoms with Crippen molar-refractivity contribution in [1.82, 2.24) is 0 Å². The van der Waals surface area contributed by atoms with Crippen molar-refractivity contribution >= 4 is 35.0 Å². The van der Waals surface area contributed by atoms with Crippen LogP contribution >= 0.6 is 11.8 Å². The number of carbonyl (C=O) groups is 2. The number of hydrogen-bond donors (Lipinski definition) is 2. The standard InChI is InChI=1S/C26H28N2O3S/c1-4-24(26(30)28-22-15-8-9-16-23(22)31-5-2)32-20-13-10-12-19(17-20)27-25(29)21-14-7-6-11-18(21)3/h6-17,24H,4-5H2,1-3H3,(H,27,29)(H,28,30). The molecule has 2 amide bonds. The lowest BCUT2D eigenvalue weighted by molar-refractivity contribution is -0.115. The van der Waals surface area contributed by atoms with Crippen molar-refractivity contribution in [2.24, 2.45) is 0 Å². The molecule has 0 aliphatic heterocycles. The van der Waals surface area contributed by atoms with Gasteiger partial charge in [-0.15, -0.1) is 11.8 Å². The zero-order valence-corrected chi connectivity index (χ0v) is 19.4. The predicted molar refractivity (Wildman–Crippen MR) is 132 cm³/mol. The van der Waals surface area contributed by atoms with Crippen molar-refractivity contribution in [1.29, 1.82) is 0 Å². The van der Waals surface area contributed by atoms with E-state index in [9.17, 15) is 9.59 Å². The smallest absolute Gasteiger partial charge is 0.255 e. The molecule has 1 atom stereocenters. The Kier molecular flexibility index (Phi) is 8.34. The molecule has 1 unspecified atom stereocenters. The van der Waals surface area contributed by atoms with E-state index >= 15 is 0 Å². The molecular formula is C26H28N2O3S. The van der Waals surface area contributed by atoms with E-state index in [0.717, 1.165) is 10.5 Å². The summed E-state index contributed by atoms with van der Waals surface area (Å²) in [5, 5.41) is 5.65. The van der Waals surface area contributed by atoms with E-state index in [4.69, 9.17) is 4.74 Å². The topological polar surface area (TPSA) is 67.4 Å². The van der Waals surface area contributed by atoms with Gasteiger partial charge < -0.3 is 15.4 Å². The highest BCUT2D eigenvalue weighted by Crippen LogP contribution is 2.30. The maximum absolute atomic E-state index is 12.9. The molecule has 3 aromatic rings. The lowest BCUT2D eigenvalue weighted by Crippen LogP contribution is -2.24. The van der Waals surface area contributed by atoms with Gasteiger partial charge in [0, 0.05) is 16.1 Å². The average Bonchev–Trinajstić information content (AvgIpc) is 2.79. The van der Waals surface area contributed by atoms with E-state index in [0.29, 0.717) is 35.7 Å². The van der Waals surface area contributed by atoms with E-state index in [-0.39, 0.29) is 17.1 Å². The molecule has 0 radical (unpaired) electrons. The number of carbonyl (C=O) groups excluding carboxylic acids is 2. The molecule has 0 saturated heterocycles. The second-order valence-electron chi connectivity index (χ2n) is 7.23. The molecule has 0 spiro atoms. The van der Waals surface area contributed by atoms with Crippen molar-refractivity contribution < 1.29 is 14.3 Å². The monoisotopic (exact) mass is 448 g/mol. The van der Waals surface area contributed by atoms with Crippen LogP contribution < -0.4 is 15.4 Å². The van der Waals surface area contributed by atoms with Crippen LogP contribution in [0, 0.1) is 6.92 Å². The first kappa shape index (κ1) is 23.4. The van der Waals surface area contributed by atoms with Crippen LogP contribution in [0.5, 0.6) is 5.75 Å². The molecule has 3 rings (SSSR count). The second-order valence-corrected chi connectivity index (χ2v) is 8.51. The summed E-state index contributed by atoms with van der Waals surface area (Å²) in [6.07, 6.45) is 0.660. The molecule has 6 heteroatoms. The maximum Gasteiger partial charge on any atom is 0.255 e. The molecule has 0 fully saturated rings. The van der Waals surface area contributed by atoms with Gasteiger partial charge >= 0.3 is 0 Å². The van der Waals surface area contributed by atoms with Gasteiger partial charge in [0.25, 0.3) is 5.91 Å². The summed E-state index contributed by atoms with van der Waals surface area (Å²) in [7, 11) is 0. The van der Waals surface area contributed by atoms with E-state index < -0.39 is 0 Å². The minimum absolute atomic E-state index is 0.0843. The molecule has 166 valence electrons. The Balaban J connectivity index is 1.68. The Morgan fingerprint density at radius 3 is 2.44 bits per heavy atom. The minimum Gasteiger partial charge on any atom is -0.492 e. The molecule has 0 aliphatic carbocycles. The third-order valence-electron chi connectivity index (χ3n) is 4.87. The Bertz CT molecular complexity index is 1080. The molecule has 5 nitrogen and oxygen atoms in total. The number of anilines is 2. The molecule has 3 aromatic carbocycles. The van der Waals surface area contributed by atoms with Crippen molar-refractivity contribution in [3.8, 4) is 5.75 Å². The fourth-order valence-electron chi connectivity index (χ4n) is 3.22. The summed E-state index contributed by atoms with van der Waals surface area (Å²) in [6, 6.07) is 22.5. The van der Waals surface area contributed by atoms with Gasteiger partial charge in [-0.1, -0.05) is 43.3 Å². The summed E-state index contributed by atoms with van der Waals surface area (Å²) in [5.41, 5.74) is 2.92. The SMILES string of the molecule is CCOc1ccccc1NC(=O)C(CC)Sc1cccc(NC(=O)c2ccccc2C)c1. The van der Waals surface area contributed by atoms with Crippen molar-refractivity contribution in [2.75, 3.05) is 17.2 Å². The summed E-state index contributed by atoms with van der Waals surface area (Å²) in [5.74, 6) is 0.422. The number of rotatable bonds is 9. The average molecular weight is 449 g/mol. The van der Waals surface area contributed by atoms with Crippen LogP contribution in [0.4, 0.5) is 11.4 Å². The zero-order chi connectivity index (χ0) is 22.9. The summed E-state index contributed by atoms with van der Waals surface area (Å²) in [4.78, 5) is 26.5. The van der Waals surface area contributed by atoms with Crippen LogP contribution in [0.3, 0.4) is 0 Å². The fourth-order valence-corrected chi connectivity index (χ4v) is 4.24. The van der Waals surface area contributed by atoms with Crippen LogP contribution in [0.25, 0.3) is 0 Å². The third-order valence-corrected chi connectivity index (χ3v) is 6.23. The molecular weight excluding hydrogens is 420 g/mol. The molecule has 0 heterocycles. The van der Waals surface area contributed by atoms with E-state index in [1.54, 1.807) is 6.07 Å².